The van der Waals surface area contributed by atoms with Gasteiger partial charge >= 0.3 is 0 Å². The Morgan fingerprint density at radius 3 is 2.39 bits per heavy atom. The molecule has 0 radical (unpaired) electrons. The highest BCUT2D eigenvalue weighted by atomic mass is 15.2. The van der Waals surface area contributed by atoms with Gasteiger partial charge in [-0.3, -0.25) is 0 Å². The SMILES string of the molecule is CCCc1nc(N)c(C)c(N(CC)C(C)CC)n1. The summed E-state index contributed by atoms with van der Waals surface area (Å²) in [6, 6.07) is 0.470. The van der Waals surface area contributed by atoms with Crippen molar-refractivity contribution >= 4 is 11.6 Å². The first-order chi connectivity index (χ1) is 8.54. The fourth-order valence-corrected chi connectivity index (χ4v) is 2.07. The maximum atomic E-state index is 6.01. The maximum absolute atomic E-state index is 6.01. The van der Waals surface area contributed by atoms with E-state index in [-0.39, 0.29) is 0 Å². The van der Waals surface area contributed by atoms with E-state index in [1.165, 1.54) is 0 Å². The number of nitrogen functional groups attached to an aromatic ring is 1. The predicted molar refractivity (Wildman–Crippen MR) is 77.9 cm³/mol. The number of rotatable bonds is 6. The summed E-state index contributed by atoms with van der Waals surface area (Å²) < 4.78 is 0. The Morgan fingerprint density at radius 2 is 1.89 bits per heavy atom. The molecule has 1 aromatic rings. The lowest BCUT2D eigenvalue weighted by molar-refractivity contribution is 0.618. The van der Waals surface area contributed by atoms with Gasteiger partial charge in [0, 0.05) is 24.6 Å². The van der Waals surface area contributed by atoms with Crippen LogP contribution in [0.25, 0.3) is 0 Å². The Morgan fingerprint density at radius 1 is 1.22 bits per heavy atom. The third kappa shape index (κ3) is 3.12. The van der Waals surface area contributed by atoms with Gasteiger partial charge in [0.2, 0.25) is 0 Å². The van der Waals surface area contributed by atoms with E-state index in [0.717, 1.165) is 43.0 Å². The minimum absolute atomic E-state index is 0.470. The fourth-order valence-electron chi connectivity index (χ4n) is 2.07. The zero-order valence-corrected chi connectivity index (χ0v) is 12.3. The Balaban J connectivity index is 3.19. The topological polar surface area (TPSA) is 55.0 Å². The van der Waals surface area contributed by atoms with E-state index >= 15 is 0 Å². The van der Waals surface area contributed by atoms with Crippen LogP contribution in [0.15, 0.2) is 0 Å². The molecule has 0 aliphatic rings. The van der Waals surface area contributed by atoms with Crippen LogP contribution in [0.4, 0.5) is 11.6 Å². The smallest absolute Gasteiger partial charge is 0.137 e. The van der Waals surface area contributed by atoms with Crippen molar-refractivity contribution in [3.8, 4) is 0 Å². The number of aromatic nitrogens is 2. The van der Waals surface area contributed by atoms with Crippen LogP contribution in [-0.4, -0.2) is 22.6 Å². The van der Waals surface area contributed by atoms with Crippen molar-refractivity contribution < 1.29 is 0 Å². The number of aryl methyl sites for hydroxylation is 1. The van der Waals surface area contributed by atoms with Crippen LogP contribution in [0.2, 0.25) is 0 Å². The minimum Gasteiger partial charge on any atom is -0.383 e. The second-order valence-corrected chi connectivity index (χ2v) is 4.77. The standard InChI is InChI=1S/C14H26N4/c1-6-9-12-16-13(15)11(5)14(17-12)18(8-3)10(4)7-2/h10H,6-9H2,1-5H3,(H2,15,16,17). The Labute approximate surface area is 111 Å². The molecular formula is C14H26N4. The van der Waals surface area contributed by atoms with Crippen molar-refractivity contribution in [2.24, 2.45) is 0 Å². The van der Waals surface area contributed by atoms with Crippen molar-refractivity contribution in [3.63, 3.8) is 0 Å². The van der Waals surface area contributed by atoms with Crippen LogP contribution in [0.3, 0.4) is 0 Å². The van der Waals surface area contributed by atoms with Crippen LogP contribution in [0, 0.1) is 6.92 Å². The molecule has 0 spiro atoms. The van der Waals surface area contributed by atoms with Gasteiger partial charge in [0.05, 0.1) is 0 Å². The van der Waals surface area contributed by atoms with Gasteiger partial charge in [-0.25, -0.2) is 9.97 Å². The molecule has 0 aliphatic carbocycles. The summed E-state index contributed by atoms with van der Waals surface area (Å²) in [6.07, 6.45) is 3.02. The van der Waals surface area contributed by atoms with Crippen LogP contribution in [0.1, 0.15) is 51.9 Å². The molecular weight excluding hydrogens is 224 g/mol. The number of nitrogens with zero attached hydrogens (tertiary/aromatic N) is 3. The molecule has 0 aliphatic heterocycles. The van der Waals surface area contributed by atoms with E-state index in [2.05, 4.69) is 37.6 Å². The monoisotopic (exact) mass is 250 g/mol. The van der Waals surface area contributed by atoms with Crippen molar-refractivity contribution in [2.75, 3.05) is 17.2 Å². The second-order valence-electron chi connectivity index (χ2n) is 4.77. The molecule has 0 aromatic carbocycles. The molecule has 1 atom stereocenters. The van der Waals surface area contributed by atoms with Gasteiger partial charge < -0.3 is 10.6 Å². The third-order valence-electron chi connectivity index (χ3n) is 3.41. The van der Waals surface area contributed by atoms with E-state index in [1.54, 1.807) is 0 Å². The lowest BCUT2D eigenvalue weighted by atomic mass is 10.2. The minimum atomic E-state index is 0.470. The predicted octanol–water partition coefficient (Wildman–Crippen LogP) is 2.94. The summed E-state index contributed by atoms with van der Waals surface area (Å²) in [5.74, 6) is 2.48. The van der Waals surface area contributed by atoms with Crippen LogP contribution < -0.4 is 10.6 Å². The molecule has 102 valence electrons. The molecule has 1 aromatic heterocycles. The maximum Gasteiger partial charge on any atom is 0.137 e. The van der Waals surface area contributed by atoms with Gasteiger partial charge in [-0.1, -0.05) is 13.8 Å². The Hall–Kier alpha value is -1.32. The summed E-state index contributed by atoms with van der Waals surface area (Å²) in [7, 11) is 0. The highest BCUT2D eigenvalue weighted by molar-refractivity contribution is 5.56. The average Bonchev–Trinajstić information content (AvgIpc) is 2.35. The largest absolute Gasteiger partial charge is 0.383 e. The number of hydrogen-bond donors (Lipinski definition) is 1. The molecule has 0 saturated heterocycles. The first kappa shape index (κ1) is 14.7. The van der Waals surface area contributed by atoms with E-state index in [9.17, 15) is 0 Å². The molecule has 1 unspecified atom stereocenters. The number of hydrogen-bond acceptors (Lipinski definition) is 4. The lowest BCUT2D eigenvalue weighted by Crippen LogP contribution is -2.34. The highest BCUT2D eigenvalue weighted by Crippen LogP contribution is 2.24. The van der Waals surface area contributed by atoms with Crippen molar-refractivity contribution in [2.45, 2.75) is 59.9 Å². The Bertz CT molecular complexity index is 390. The molecule has 0 amide bonds. The molecule has 4 nitrogen and oxygen atoms in total. The fraction of sp³-hybridized carbons (Fsp3) is 0.714. The van der Waals surface area contributed by atoms with Crippen LogP contribution in [0.5, 0.6) is 0 Å². The van der Waals surface area contributed by atoms with E-state index < -0.39 is 0 Å². The summed E-state index contributed by atoms with van der Waals surface area (Å²) >= 11 is 0. The third-order valence-corrected chi connectivity index (χ3v) is 3.41. The molecule has 0 fully saturated rings. The van der Waals surface area contributed by atoms with Gasteiger partial charge in [-0.05, 0) is 33.6 Å². The molecule has 0 bridgehead atoms. The number of anilines is 2. The lowest BCUT2D eigenvalue weighted by Gasteiger charge is -2.30. The van der Waals surface area contributed by atoms with Gasteiger partial charge in [-0.2, -0.15) is 0 Å². The van der Waals surface area contributed by atoms with Crippen LogP contribution in [-0.2, 0) is 6.42 Å². The average molecular weight is 250 g/mol. The molecule has 0 saturated carbocycles. The van der Waals surface area contributed by atoms with Gasteiger partial charge in [0.25, 0.3) is 0 Å². The quantitative estimate of drug-likeness (QED) is 0.843. The molecule has 1 heterocycles. The summed E-state index contributed by atoms with van der Waals surface area (Å²) in [4.78, 5) is 11.4. The number of nitrogens with two attached hydrogens (primary N) is 1. The summed E-state index contributed by atoms with van der Waals surface area (Å²) in [5, 5.41) is 0. The van der Waals surface area contributed by atoms with Crippen molar-refractivity contribution in [3.05, 3.63) is 11.4 Å². The second kappa shape index (κ2) is 6.57. The van der Waals surface area contributed by atoms with Crippen LogP contribution >= 0.6 is 0 Å². The van der Waals surface area contributed by atoms with E-state index in [1.807, 2.05) is 6.92 Å². The van der Waals surface area contributed by atoms with Crippen molar-refractivity contribution in [1.82, 2.24) is 9.97 Å². The van der Waals surface area contributed by atoms with E-state index in [4.69, 9.17) is 10.7 Å². The van der Waals surface area contributed by atoms with E-state index in [0.29, 0.717) is 11.9 Å². The van der Waals surface area contributed by atoms with Crippen molar-refractivity contribution in [1.29, 1.82) is 0 Å². The zero-order valence-electron chi connectivity index (χ0n) is 12.3. The highest BCUT2D eigenvalue weighted by Gasteiger charge is 2.17. The molecule has 18 heavy (non-hydrogen) atoms. The zero-order chi connectivity index (χ0) is 13.7. The normalized spacial score (nSPS) is 12.5. The Kier molecular flexibility index (Phi) is 5.38. The summed E-state index contributed by atoms with van der Waals surface area (Å²) in [5.41, 5.74) is 7.01. The van der Waals surface area contributed by atoms with Gasteiger partial charge in [0.1, 0.15) is 17.5 Å². The molecule has 4 heteroatoms. The molecule has 1 rings (SSSR count). The summed E-state index contributed by atoms with van der Waals surface area (Å²) in [6.45, 7) is 11.7. The first-order valence-electron chi connectivity index (χ1n) is 6.94. The van der Waals surface area contributed by atoms with Gasteiger partial charge in [-0.15, -0.1) is 0 Å². The molecule has 2 N–H and O–H groups in total. The van der Waals surface area contributed by atoms with Gasteiger partial charge in [0.15, 0.2) is 0 Å². The first-order valence-corrected chi connectivity index (χ1v) is 6.94.